The molecule has 0 aliphatic carbocycles. The molecule has 1 aromatic carbocycles. The van der Waals surface area contributed by atoms with Crippen molar-refractivity contribution >= 4 is 17.4 Å². The van der Waals surface area contributed by atoms with Crippen LogP contribution in [0.1, 0.15) is 30.0 Å². The second kappa shape index (κ2) is 4.87. The van der Waals surface area contributed by atoms with Crippen molar-refractivity contribution in [3.8, 4) is 0 Å². The number of ketones is 1. The van der Waals surface area contributed by atoms with Crippen LogP contribution >= 0.6 is 0 Å². The van der Waals surface area contributed by atoms with Gasteiger partial charge in [-0.25, -0.2) is 0 Å². The molecule has 1 N–H and O–H groups in total. The number of hydrogen-bond acceptors (Lipinski definition) is 3. The lowest BCUT2D eigenvalue weighted by Crippen LogP contribution is -2.41. The average molecular weight is 273 g/mol. The molecule has 2 rings (SSSR count). The maximum atomic E-state index is 12.6. The first-order chi connectivity index (χ1) is 9.32. The van der Waals surface area contributed by atoms with E-state index >= 15 is 0 Å². The highest BCUT2D eigenvalue weighted by atomic mass is 16.3. The van der Waals surface area contributed by atoms with Gasteiger partial charge < -0.3 is 10.0 Å². The molecule has 0 aromatic heterocycles. The van der Waals surface area contributed by atoms with Crippen LogP contribution in [0.2, 0.25) is 0 Å². The minimum absolute atomic E-state index is 0.198. The number of amides is 1. The summed E-state index contributed by atoms with van der Waals surface area (Å²) in [6.45, 7) is 9.08. The number of benzene rings is 1. The third-order valence-corrected chi connectivity index (χ3v) is 3.69. The Bertz CT molecular complexity index is 606. The third-order valence-electron chi connectivity index (χ3n) is 3.69. The zero-order valence-corrected chi connectivity index (χ0v) is 12.1. The number of carbonyl (C=O) groups excluding carboxylic acids is 2. The summed E-state index contributed by atoms with van der Waals surface area (Å²) in [7, 11) is 0. The van der Waals surface area contributed by atoms with Crippen LogP contribution in [0, 0.1) is 13.8 Å². The Hall–Kier alpha value is -1.94. The summed E-state index contributed by atoms with van der Waals surface area (Å²) in [6, 6.07) is 3.78. The molecule has 106 valence electrons. The van der Waals surface area contributed by atoms with Gasteiger partial charge in [0.05, 0.1) is 5.69 Å². The van der Waals surface area contributed by atoms with Gasteiger partial charge in [-0.05, 0) is 31.9 Å². The van der Waals surface area contributed by atoms with Gasteiger partial charge in [-0.1, -0.05) is 18.2 Å². The Labute approximate surface area is 118 Å². The predicted octanol–water partition coefficient (Wildman–Crippen LogP) is 2.00. The van der Waals surface area contributed by atoms with E-state index in [-0.39, 0.29) is 12.2 Å². The SMILES string of the molecule is C=CCN1C(=O)C(O)(CC(C)=O)c2c(C)ccc(C)c21. The van der Waals surface area contributed by atoms with E-state index in [4.69, 9.17) is 0 Å². The summed E-state index contributed by atoms with van der Waals surface area (Å²) < 4.78 is 0. The monoisotopic (exact) mass is 273 g/mol. The largest absolute Gasteiger partial charge is 0.375 e. The zero-order chi connectivity index (χ0) is 15.1. The van der Waals surface area contributed by atoms with Gasteiger partial charge in [0.1, 0.15) is 5.78 Å². The number of rotatable bonds is 4. The maximum absolute atomic E-state index is 12.6. The standard InChI is InChI=1S/C16H19NO3/c1-5-8-17-14-11(3)7-6-10(2)13(14)16(20,15(17)19)9-12(4)18/h5-7,20H,1,8-9H2,2-4H3. The van der Waals surface area contributed by atoms with Gasteiger partial charge in [0.25, 0.3) is 5.91 Å². The minimum Gasteiger partial charge on any atom is -0.375 e. The van der Waals surface area contributed by atoms with Crippen molar-refractivity contribution in [3.05, 3.63) is 41.5 Å². The van der Waals surface area contributed by atoms with Crippen molar-refractivity contribution in [1.82, 2.24) is 0 Å². The number of anilines is 1. The molecular formula is C16H19NO3. The van der Waals surface area contributed by atoms with Gasteiger partial charge in [-0.15, -0.1) is 6.58 Å². The van der Waals surface area contributed by atoms with Gasteiger partial charge in [-0.3, -0.25) is 9.59 Å². The number of nitrogens with zero attached hydrogens (tertiary/aromatic N) is 1. The number of hydrogen-bond donors (Lipinski definition) is 1. The van der Waals surface area contributed by atoms with E-state index in [9.17, 15) is 14.7 Å². The summed E-state index contributed by atoms with van der Waals surface area (Å²) in [5.74, 6) is -0.659. The first kappa shape index (κ1) is 14.5. The zero-order valence-electron chi connectivity index (χ0n) is 12.1. The molecule has 0 fully saturated rings. The lowest BCUT2D eigenvalue weighted by atomic mass is 9.86. The van der Waals surface area contributed by atoms with Crippen LogP contribution in [0.15, 0.2) is 24.8 Å². The maximum Gasteiger partial charge on any atom is 0.264 e. The van der Waals surface area contributed by atoms with E-state index in [1.165, 1.54) is 11.8 Å². The minimum atomic E-state index is -1.75. The Balaban J connectivity index is 2.71. The second-order valence-electron chi connectivity index (χ2n) is 5.37. The molecule has 0 radical (unpaired) electrons. The quantitative estimate of drug-likeness (QED) is 0.854. The van der Waals surface area contributed by atoms with Crippen LogP contribution in [-0.4, -0.2) is 23.3 Å². The Morgan fingerprint density at radius 1 is 1.40 bits per heavy atom. The van der Waals surface area contributed by atoms with Crippen LogP contribution in [0.5, 0.6) is 0 Å². The highest BCUT2D eigenvalue weighted by Crippen LogP contribution is 2.45. The Kier molecular flexibility index (Phi) is 3.52. The topological polar surface area (TPSA) is 57.6 Å². The van der Waals surface area contributed by atoms with E-state index in [0.717, 1.165) is 11.1 Å². The molecule has 1 aromatic rings. The molecule has 4 nitrogen and oxygen atoms in total. The molecule has 1 unspecified atom stereocenters. The van der Waals surface area contributed by atoms with Crippen molar-refractivity contribution in [2.45, 2.75) is 32.8 Å². The van der Waals surface area contributed by atoms with E-state index in [1.807, 2.05) is 26.0 Å². The van der Waals surface area contributed by atoms with Crippen LogP contribution in [0.4, 0.5) is 5.69 Å². The molecule has 1 atom stereocenters. The fourth-order valence-electron chi connectivity index (χ4n) is 2.93. The van der Waals surface area contributed by atoms with Gasteiger partial charge in [0.15, 0.2) is 5.60 Å². The molecule has 0 bridgehead atoms. The summed E-state index contributed by atoms with van der Waals surface area (Å²) >= 11 is 0. The number of carbonyl (C=O) groups is 2. The summed E-state index contributed by atoms with van der Waals surface area (Å²) in [5.41, 5.74) is 1.23. The van der Waals surface area contributed by atoms with Gasteiger partial charge in [0, 0.05) is 18.5 Å². The summed E-state index contributed by atoms with van der Waals surface area (Å²) in [5, 5.41) is 10.8. The molecule has 0 saturated carbocycles. The van der Waals surface area contributed by atoms with Crippen molar-refractivity contribution < 1.29 is 14.7 Å². The smallest absolute Gasteiger partial charge is 0.264 e. The highest BCUT2D eigenvalue weighted by molar-refractivity contribution is 6.10. The van der Waals surface area contributed by atoms with Crippen molar-refractivity contribution in [3.63, 3.8) is 0 Å². The summed E-state index contributed by atoms with van der Waals surface area (Å²) in [6.07, 6.45) is 1.42. The Morgan fingerprint density at radius 2 is 2.00 bits per heavy atom. The Morgan fingerprint density at radius 3 is 2.55 bits per heavy atom. The lowest BCUT2D eigenvalue weighted by Gasteiger charge is -2.22. The van der Waals surface area contributed by atoms with E-state index in [1.54, 1.807) is 6.08 Å². The number of Topliss-reactive ketones (excluding diaryl/α,β-unsaturated/α-hetero) is 1. The van der Waals surface area contributed by atoms with Crippen LogP contribution in [-0.2, 0) is 15.2 Å². The normalized spacial score (nSPS) is 21.0. The first-order valence-electron chi connectivity index (χ1n) is 6.58. The number of fused-ring (bicyclic) bond motifs is 1. The summed E-state index contributed by atoms with van der Waals surface area (Å²) in [4.78, 5) is 25.6. The second-order valence-corrected chi connectivity index (χ2v) is 5.37. The van der Waals surface area contributed by atoms with Crippen molar-refractivity contribution in [2.24, 2.45) is 0 Å². The van der Waals surface area contributed by atoms with Crippen LogP contribution in [0.25, 0.3) is 0 Å². The van der Waals surface area contributed by atoms with E-state index in [2.05, 4.69) is 6.58 Å². The van der Waals surface area contributed by atoms with E-state index < -0.39 is 11.5 Å². The number of aryl methyl sites for hydroxylation is 2. The molecule has 0 saturated heterocycles. The molecule has 20 heavy (non-hydrogen) atoms. The fraction of sp³-hybridized carbons (Fsp3) is 0.375. The molecule has 4 heteroatoms. The van der Waals surface area contributed by atoms with Crippen LogP contribution in [0.3, 0.4) is 0 Å². The molecular weight excluding hydrogens is 254 g/mol. The lowest BCUT2D eigenvalue weighted by molar-refractivity contribution is -0.141. The third kappa shape index (κ3) is 1.96. The molecule has 1 amide bonds. The molecule has 1 heterocycles. The molecule has 0 spiro atoms. The van der Waals surface area contributed by atoms with Gasteiger partial charge >= 0.3 is 0 Å². The highest BCUT2D eigenvalue weighted by Gasteiger charge is 2.51. The average Bonchev–Trinajstić information content (AvgIpc) is 2.56. The molecule has 1 aliphatic rings. The van der Waals surface area contributed by atoms with E-state index in [0.29, 0.717) is 17.8 Å². The predicted molar refractivity (Wildman–Crippen MR) is 77.7 cm³/mol. The van der Waals surface area contributed by atoms with Gasteiger partial charge in [0.2, 0.25) is 0 Å². The van der Waals surface area contributed by atoms with Gasteiger partial charge in [-0.2, -0.15) is 0 Å². The van der Waals surface area contributed by atoms with Crippen LogP contribution < -0.4 is 4.90 Å². The van der Waals surface area contributed by atoms with Crippen molar-refractivity contribution in [1.29, 1.82) is 0 Å². The fourth-order valence-corrected chi connectivity index (χ4v) is 2.93. The van der Waals surface area contributed by atoms with Crippen molar-refractivity contribution in [2.75, 3.05) is 11.4 Å². The number of aliphatic hydroxyl groups is 1. The molecule has 1 aliphatic heterocycles. The first-order valence-corrected chi connectivity index (χ1v) is 6.58.